The van der Waals surface area contributed by atoms with Crippen molar-refractivity contribution in [3.8, 4) is 0 Å². The number of benzene rings is 1. The highest BCUT2D eigenvalue weighted by Crippen LogP contribution is 2.22. The summed E-state index contributed by atoms with van der Waals surface area (Å²) in [6, 6.07) is 8.05. The molecule has 0 radical (unpaired) electrons. The molecule has 0 saturated carbocycles. The second-order valence-electron chi connectivity index (χ2n) is 4.01. The van der Waals surface area contributed by atoms with Gasteiger partial charge in [-0.25, -0.2) is 14.6 Å². The normalized spacial score (nSPS) is 10.4. The van der Waals surface area contributed by atoms with Gasteiger partial charge in [0, 0.05) is 12.1 Å². The number of primary amides is 1. The molecule has 0 aliphatic carbocycles. The number of hydrazine groups is 1. The van der Waals surface area contributed by atoms with E-state index in [1.807, 2.05) is 0 Å². The number of rotatable bonds is 4. The molecule has 3 N–H and O–H groups in total. The third-order valence-corrected chi connectivity index (χ3v) is 3.81. The fraction of sp³-hybridized carbons (Fsp3) is 0.0769. The van der Waals surface area contributed by atoms with Gasteiger partial charge >= 0.3 is 6.03 Å². The number of hydrogen-bond donors (Lipinski definition) is 2. The third kappa shape index (κ3) is 3.78. The summed E-state index contributed by atoms with van der Waals surface area (Å²) in [5, 5.41) is 0.634. The summed E-state index contributed by atoms with van der Waals surface area (Å²) in [5.41, 5.74) is 7.99. The van der Waals surface area contributed by atoms with Gasteiger partial charge in [-0.3, -0.25) is 4.79 Å². The van der Waals surface area contributed by atoms with Crippen molar-refractivity contribution < 1.29 is 14.0 Å². The lowest BCUT2D eigenvalue weighted by Crippen LogP contribution is -2.49. The molecule has 110 valence electrons. The SMILES string of the molecule is NC(=O)N(NCc1ccccc1F)C(=O)c1ccc(Cl)s1. The van der Waals surface area contributed by atoms with Crippen molar-refractivity contribution in [3.63, 3.8) is 0 Å². The molecule has 2 aromatic rings. The maximum Gasteiger partial charge on any atom is 0.336 e. The van der Waals surface area contributed by atoms with Crippen molar-refractivity contribution in [2.75, 3.05) is 0 Å². The first-order valence-corrected chi connectivity index (χ1v) is 7.04. The van der Waals surface area contributed by atoms with Crippen molar-refractivity contribution >= 4 is 34.9 Å². The van der Waals surface area contributed by atoms with Crippen LogP contribution in [-0.2, 0) is 6.54 Å². The van der Waals surface area contributed by atoms with Crippen LogP contribution in [0.5, 0.6) is 0 Å². The standard InChI is InChI=1S/C13H11ClFN3O2S/c14-11-6-5-10(21-11)12(19)18(13(16)20)17-7-8-3-1-2-4-9(8)15/h1-6,17H,7H2,(H2,16,20). The number of imide groups is 1. The molecule has 5 nitrogen and oxygen atoms in total. The van der Waals surface area contributed by atoms with Crippen molar-refractivity contribution in [1.29, 1.82) is 0 Å². The van der Waals surface area contributed by atoms with Crippen LogP contribution in [0, 0.1) is 5.82 Å². The molecule has 21 heavy (non-hydrogen) atoms. The van der Waals surface area contributed by atoms with Crippen LogP contribution < -0.4 is 11.2 Å². The topological polar surface area (TPSA) is 75.4 Å². The molecule has 8 heteroatoms. The van der Waals surface area contributed by atoms with E-state index >= 15 is 0 Å². The second-order valence-corrected chi connectivity index (χ2v) is 5.72. The third-order valence-electron chi connectivity index (χ3n) is 2.59. The van der Waals surface area contributed by atoms with Crippen LogP contribution in [0.25, 0.3) is 0 Å². The van der Waals surface area contributed by atoms with Crippen molar-refractivity contribution in [2.24, 2.45) is 5.73 Å². The number of amides is 3. The predicted molar refractivity (Wildman–Crippen MR) is 78.3 cm³/mol. The number of carbonyl (C=O) groups excluding carboxylic acids is 2. The Balaban J connectivity index is 2.11. The minimum atomic E-state index is -0.985. The van der Waals surface area contributed by atoms with Crippen LogP contribution >= 0.6 is 22.9 Å². The molecule has 1 aromatic heterocycles. The van der Waals surface area contributed by atoms with Crippen LogP contribution in [0.1, 0.15) is 15.2 Å². The highest BCUT2D eigenvalue weighted by Gasteiger charge is 2.22. The van der Waals surface area contributed by atoms with E-state index in [1.54, 1.807) is 12.1 Å². The molecule has 0 saturated heterocycles. The van der Waals surface area contributed by atoms with Crippen LogP contribution in [0.15, 0.2) is 36.4 Å². The van der Waals surface area contributed by atoms with E-state index in [0.29, 0.717) is 14.9 Å². The monoisotopic (exact) mass is 327 g/mol. The highest BCUT2D eigenvalue weighted by atomic mass is 35.5. The zero-order valence-corrected chi connectivity index (χ0v) is 12.2. The molecule has 0 aliphatic rings. The quantitative estimate of drug-likeness (QED) is 0.848. The van der Waals surface area contributed by atoms with Gasteiger partial charge in [0.1, 0.15) is 5.82 Å². The van der Waals surface area contributed by atoms with Crippen molar-refractivity contribution in [3.05, 3.63) is 57.0 Å². The number of nitrogens with two attached hydrogens (primary N) is 1. The van der Waals surface area contributed by atoms with Gasteiger partial charge in [-0.05, 0) is 18.2 Å². The molecule has 1 aromatic carbocycles. The molecule has 0 atom stereocenters. The van der Waals surface area contributed by atoms with E-state index < -0.39 is 17.8 Å². The van der Waals surface area contributed by atoms with Gasteiger partial charge in [0.2, 0.25) is 0 Å². The minimum Gasteiger partial charge on any atom is -0.350 e. The predicted octanol–water partition coefficient (Wildman–Crippen LogP) is 2.77. The number of hydrogen-bond acceptors (Lipinski definition) is 4. The molecule has 0 spiro atoms. The van der Waals surface area contributed by atoms with Crippen LogP contribution in [0.3, 0.4) is 0 Å². The number of thiophene rings is 1. The lowest BCUT2D eigenvalue weighted by molar-refractivity contribution is 0.0737. The number of urea groups is 1. The summed E-state index contributed by atoms with van der Waals surface area (Å²) in [4.78, 5) is 23.7. The van der Waals surface area contributed by atoms with Crippen LogP contribution in [0.2, 0.25) is 4.34 Å². The zero-order valence-electron chi connectivity index (χ0n) is 10.7. The summed E-state index contributed by atoms with van der Waals surface area (Å²) in [6.45, 7) is -0.0551. The molecule has 1 heterocycles. The average Bonchev–Trinajstić information content (AvgIpc) is 2.87. The Labute approximate surface area is 129 Å². The molecule has 0 aliphatic heterocycles. The Morgan fingerprint density at radius 1 is 1.29 bits per heavy atom. The van der Waals surface area contributed by atoms with Crippen LogP contribution in [-0.4, -0.2) is 16.9 Å². The van der Waals surface area contributed by atoms with E-state index in [4.69, 9.17) is 17.3 Å². The minimum absolute atomic E-state index is 0.0551. The lowest BCUT2D eigenvalue weighted by Gasteiger charge is -2.18. The fourth-order valence-corrected chi connectivity index (χ4v) is 2.57. The van der Waals surface area contributed by atoms with Gasteiger partial charge in [0.15, 0.2) is 0 Å². The van der Waals surface area contributed by atoms with Gasteiger partial charge in [-0.1, -0.05) is 29.8 Å². The summed E-state index contributed by atoms with van der Waals surface area (Å²) in [6.07, 6.45) is 0. The van der Waals surface area contributed by atoms with Gasteiger partial charge in [-0.15, -0.1) is 11.3 Å². The average molecular weight is 328 g/mol. The van der Waals surface area contributed by atoms with Crippen molar-refractivity contribution in [1.82, 2.24) is 10.4 Å². The maximum atomic E-state index is 13.5. The second kappa shape index (κ2) is 6.66. The van der Waals surface area contributed by atoms with Gasteiger partial charge in [-0.2, -0.15) is 5.01 Å². The molecular formula is C13H11ClFN3O2S. The summed E-state index contributed by atoms with van der Waals surface area (Å²) in [5.74, 6) is -1.09. The molecule has 0 fully saturated rings. The van der Waals surface area contributed by atoms with Crippen molar-refractivity contribution in [2.45, 2.75) is 6.54 Å². The van der Waals surface area contributed by atoms with E-state index in [-0.39, 0.29) is 11.4 Å². The lowest BCUT2D eigenvalue weighted by atomic mass is 10.2. The molecule has 2 rings (SSSR count). The van der Waals surface area contributed by atoms with E-state index in [0.717, 1.165) is 11.3 Å². The Kier molecular flexibility index (Phi) is 4.89. The first-order chi connectivity index (χ1) is 9.99. The molecule has 0 unspecified atom stereocenters. The largest absolute Gasteiger partial charge is 0.350 e. The van der Waals surface area contributed by atoms with Gasteiger partial charge < -0.3 is 5.73 Å². The number of carbonyl (C=O) groups is 2. The first kappa shape index (κ1) is 15.4. The molecular weight excluding hydrogens is 317 g/mol. The summed E-state index contributed by atoms with van der Waals surface area (Å²) < 4.78 is 13.9. The van der Waals surface area contributed by atoms with Gasteiger partial charge in [0.25, 0.3) is 5.91 Å². The summed E-state index contributed by atoms with van der Waals surface area (Å²) in [7, 11) is 0. The van der Waals surface area contributed by atoms with E-state index in [2.05, 4.69) is 5.43 Å². The van der Waals surface area contributed by atoms with E-state index in [1.165, 1.54) is 24.3 Å². The Bertz CT molecular complexity index is 677. The Morgan fingerprint density at radius 3 is 2.57 bits per heavy atom. The Hall–Kier alpha value is -1.96. The zero-order chi connectivity index (χ0) is 15.4. The summed E-state index contributed by atoms with van der Waals surface area (Å²) >= 11 is 6.76. The van der Waals surface area contributed by atoms with Gasteiger partial charge in [0.05, 0.1) is 9.21 Å². The Morgan fingerprint density at radius 2 is 2.00 bits per heavy atom. The fourth-order valence-electron chi connectivity index (χ4n) is 1.60. The molecule has 0 bridgehead atoms. The number of nitrogens with one attached hydrogen (secondary N) is 1. The van der Waals surface area contributed by atoms with E-state index in [9.17, 15) is 14.0 Å². The smallest absolute Gasteiger partial charge is 0.336 e. The maximum absolute atomic E-state index is 13.5. The van der Waals surface area contributed by atoms with Crippen LogP contribution in [0.4, 0.5) is 9.18 Å². The molecule has 3 amide bonds. The number of nitrogens with zero attached hydrogens (tertiary/aromatic N) is 1. The first-order valence-electron chi connectivity index (χ1n) is 5.85. The number of halogens is 2. The highest BCUT2D eigenvalue weighted by molar-refractivity contribution is 7.18.